The van der Waals surface area contributed by atoms with Crippen molar-refractivity contribution in [2.24, 2.45) is 22.1 Å². The van der Waals surface area contributed by atoms with Crippen molar-refractivity contribution in [3.05, 3.63) is 49.1 Å². The maximum atomic E-state index is 5.42. The van der Waals surface area contributed by atoms with Crippen molar-refractivity contribution in [3.8, 4) is 0 Å². The molecule has 0 bridgehead atoms. The minimum Gasteiger partial charge on any atom is -0.378 e. The monoisotopic (exact) mass is 377 g/mol. The number of ether oxygens (including phenoxy) is 1. The van der Waals surface area contributed by atoms with Gasteiger partial charge in [0, 0.05) is 31.5 Å². The first kappa shape index (κ1) is 16.8. The van der Waals surface area contributed by atoms with Crippen LogP contribution >= 0.6 is 0 Å². The van der Waals surface area contributed by atoms with Gasteiger partial charge in [-0.3, -0.25) is 9.67 Å². The molecule has 0 amide bonds. The molecule has 4 heterocycles. The molecule has 3 aliphatic heterocycles. The van der Waals surface area contributed by atoms with Gasteiger partial charge in [-0.05, 0) is 29.4 Å². The lowest BCUT2D eigenvalue weighted by Gasteiger charge is -2.28. The number of morpholine rings is 1. The zero-order chi connectivity index (χ0) is 19.0. The van der Waals surface area contributed by atoms with Gasteiger partial charge in [-0.1, -0.05) is 4.59 Å². The number of anilines is 2. The number of nitrogens with zero attached hydrogens (tertiary/aromatic N) is 7. The van der Waals surface area contributed by atoms with Gasteiger partial charge in [0.15, 0.2) is 6.20 Å². The first-order chi connectivity index (χ1) is 13.7. The minimum absolute atomic E-state index is 0.130. The second-order valence-electron chi connectivity index (χ2n) is 6.80. The number of guanidine groups is 1. The van der Waals surface area contributed by atoms with Crippen molar-refractivity contribution in [2.75, 3.05) is 36.5 Å². The number of nitrogens with one attached hydrogen (secondary N) is 1. The van der Waals surface area contributed by atoms with Gasteiger partial charge in [0.05, 0.1) is 25.6 Å². The first-order valence-corrected chi connectivity index (χ1v) is 9.21. The summed E-state index contributed by atoms with van der Waals surface area (Å²) in [5.74, 6) is 1.26. The molecule has 142 valence electrons. The van der Waals surface area contributed by atoms with Gasteiger partial charge in [-0.25, -0.2) is 0 Å². The molecule has 9 heteroatoms. The molecule has 1 aromatic heterocycles. The fraction of sp³-hybridized carbons (Fsp3) is 0.263. The van der Waals surface area contributed by atoms with Crippen molar-refractivity contribution < 1.29 is 4.74 Å². The molecule has 1 fully saturated rings. The fourth-order valence-corrected chi connectivity index (χ4v) is 3.50. The summed E-state index contributed by atoms with van der Waals surface area (Å²) in [4.78, 5) is 11.2. The second kappa shape index (κ2) is 6.70. The largest absolute Gasteiger partial charge is 0.378 e. The third-order valence-electron chi connectivity index (χ3n) is 4.97. The van der Waals surface area contributed by atoms with E-state index in [0.29, 0.717) is 5.96 Å². The third kappa shape index (κ3) is 2.90. The molecule has 3 aliphatic rings. The molecule has 0 spiro atoms. The molecule has 1 saturated heterocycles. The van der Waals surface area contributed by atoms with E-state index >= 15 is 0 Å². The number of aromatic nitrogens is 2. The Morgan fingerprint density at radius 3 is 2.71 bits per heavy atom. The van der Waals surface area contributed by atoms with Crippen LogP contribution in [0.1, 0.15) is 0 Å². The van der Waals surface area contributed by atoms with Gasteiger partial charge in [-0.2, -0.15) is 10.1 Å². The number of rotatable bonds is 3. The standard InChI is InChI=1S/C19H21N8O/c1-25-14-17(12-21-25)27-9-6-20-13-18(27)23-19(24-27)22-15-2-4-16(5-3-15)26-7-10-28-11-8-26/h2-6,9,12-14H,7-8,10-11H2,1H3,(H,22,24)/q+1. The van der Waals surface area contributed by atoms with E-state index in [1.54, 1.807) is 23.3 Å². The van der Waals surface area contributed by atoms with E-state index in [4.69, 9.17) is 9.84 Å². The Morgan fingerprint density at radius 1 is 1.14 bits per heavy atom. The maximum Gasteiger partial charge on any atom is 0.287 e. The summed E-state index contributed by atoms with van der Waals surface area (Å²) in [6.07, 6.45) is 9.08. The van der Waals surface area contributed by atoms with E-state index < -0.39 is 0 Å². The van der Waals surface area contributed by atoms with Crippen LogP contribution in [0.2, 0.25) is 0 Å². The van der Waals surface area contributed by atoms with Gasteiger partial charge in [0.2, 0.25) is 5.69 Å². The molecule has 0 saturated carbocycles. The quantitative estimate of drug-likeness (QED) is 0.829. The topological polar surface area (TPSA) is 79.4 Å². The molecule has 28 heavy (non-hydrogen) atoms. The highest BCUT2D eigenvalue weighted by Crippen LogP contribution is 2.30. The van der Waals surface area contributed by atoms with Crippen molar-refractivity contribution in [1.82, 2.24) is 14.4 Å². The lowest BCUT2D eigenvalue weighted by molar-refractivity contribution is 0.122. The number of fused-ring (bicyclic) bond motifs is 1. The van der Waals surface area contributed by atoms with Gasteiger partial charge < -0.3 is 15.0 Å². The fourth-order valence-electron chi connectivity index (χ4n) is 3.50. The highest BCUT2D eigenvalue weighted by atomic mass is 16.5. The third-order valence-corrected chi connectivity index (χ3v) is 4.97. The summed E-state index contributed by atoms with van der Waals surface area (Å²) in [5, 5.41) is 12.4. The molecule has 1 atom stereocenters. The zero-order valence-corrected chi connectivity index (χ0v) is 15.6. The summed E-state index contributed by atoms with van der Waals surface area (Å²) in [5.41, 5.74) is 3.04. The van der Waals surface area contributed by atoms with Crippen LogP contribution in [-0.2, 0) is 11.8 Å². The molecular formula is C19H21N8O+. The van der Waals surface area contributed by atoms with Crippen LogP contribution in [-0.4, -0.2) is 54.1 Å². The Balaban J connectivity index is 1.39. The lowest BCUT2D eigenvalue weighted by atomic mass is 10.2. The van der Waals surface area contributed by atoms with Crippen LogP contribution in [0.3, 0.4) is 0 Å². The number of benzene rings is 1. The van der Waals surface area contributed by atoms with Gasteiger partial charge in [0.1, 0.15) is 12.4 Å². The number of amidine groups is 1. The van der Waals surface area contributed by atoms with Gasteiger partial charge in [0.25, 0.3) is 11.8 Å². The summed E-state index contributed by atoms with van der Waals surface area (Å²) in [6, 6.07) is 8.30. The molecule has 5 rings (SSSR count). The van der Waals surface area contributed by atoms with Crippen molar-refractivity contribution in [1.29, 1.82) is 0 Å². The summed E-state index contributed by atoms with van der Waals surface area (Å²) in [6.45, 7) is 3.39. The molecule has 1 N–H and O–H groups in total. The average molecular weight is 377 g/mol. The summed E-state index contributed by atoms with van der Waals surface area (Å²) >= 11 is 0. The number of aryl methyl sites for hydroxylation is 1. The Morgan fingerprint density at radius 2 is 1.96 bits per heavy atom. The van der Waals surface area contributed by atoms with E-state index in [2.05, 4.69) is 37.4 Å². The molecule has 0 aliphatic carbocycles. The van der Waals surface area contributed by atoms with Crippen LogP contribution in [0, 0.1) is 0 Å². The Bertz CT molecular complexity index is 997. The number of hydrogen-bond acceptors (Lipinski definition) is 7. The van der Waals surface area contributed by atoms with Crippen molar-refractivity contribution in [2.45, 2.75) is 0 Å². The predicted octanol–water partition coefficient (Wildman–Crippen LogP) is 1.91. The molecule has 0 radical (unpaired) electrons. The van der Waals surface area contributed by atoms with Gasteiger partial charge in [-0.15, -0.1) is 0 Å². The maximum absolute atomic E-state index is 5.42. The molecular weight excluding hydrogens is 356 g/mol. The molecule has 2 aromatic rings. The van der Waals surface area contributed by atoms with E-state index in [1.807, 2.05) is 31.6 Å². The SMILES string of the molecule is Cn1cc([N+]23C=CN=CC2=NC(Nc2ccc(N4CCOCC4)cc2)=N3)cn1. The van der Waals surface area contributed by atoms with E-state index in [9.17, 15) is 0 Å². The highest BCUT2D eigenvalue weighted by Gasteiger charge is 2.43. The van der Waals surface area contributed by atoms with E-state index in [1.165, 1.54) is 5.69 Å². The summed E-state index contributed by atoms with van der Waals surface area (Å²) in [7, 11) is 1.88. The van der Waals surface area contributed by atoms with Crippen LogP contribution in [0.5, 0.6) is 0 Å². The van der Waals surface area contributed by atoms with Gasteiger partial charge >= 0.3 is 0 Å². The van der Waals surface area contributed by atoms with Crippen LogP contribution < -0.4 is 14.8 Å². The van der Waals surface area contributed by atoms with Crippen LogP contribution in [0.4, 0.5) is 17.1 Å². The zero-order valence-electron chi connectivity index (χ0n) is 15.6. The average Bonchev–Trinajstić information content (AvgIpc) is 3.33. The Kier molecular flexibility index (Phi) is 4.03. The second-order valence-corrected chi connectivity index (χ2v) is 6.80. The Labute approximate surface area is 162 Å². The predicted molar refractivity (Wildman–Crippen MR) is 111 cm³/mol. The molecule has 9 nitrogen and oxygen atoms in total. The smallest absolute Gasteiger partial charge is 0.287 e. The highest BCUT2D eigenvalue weighted by molar-refractivity contribution is 6.38. The summed E-state index contributed by atoms with van der Waals surface area (Å²) < 4.78 is 7.30. The van der Waals surface area contributed by atoms with Crippen molar-refractivity contribution >= 4 is 35.1 Å². The lowest BCUT2D eigenvalue weighted by Crippen LogP contribution is -2.44. The van der Waals surface area contributed by atoms with Crippen molar-refractivity contribution in [3.63, 3.8) is 0 Å². The molecule has 1 unspecified atom stereocenters. The van der Waals surface area contributed by atoms with E-state index in [-0.39, 0.29) is 4.59 Å². The van der Waals surface area contributed by atoms with E-state index in [0.717, 1.165) is 43.5 Å². The van der Waals surface area contributed by atoms with Crippen LogP contribution in [0.15, 0.2) is 64.1 Å². The normalized spacial score (nSPS) is 23.4. The molecule has 1 aromatic carbocycles. The van der Waals surface area contributed by atoms with Crippen LogP contribution in [0.25, 0.3) is 0 Å². The number of hydrogen-bond donors (Lipinski definition) is 1. The number of aliphatic imine (C=N–C) groups is 2. The minimum atomic E-state index is 0.130. The first-order valence-electron chi connectivity index (χ1n) is 9.21. The Hall–Kier alpha value is -3.30. The number of quaternary nitrogens is 1.